The van der Waals surface area contributed by atoms with Gasteiger partial charge in [-0.1, -0.05) is 17.8 Å². The molecule has 1 aromatic rings. The van der Waals surface area contributed by atoms with Gasteiger partial charge in [0.1, 0.15) is 5.82 Å². The van der Waals surface area contributed by atoms with E-state index in [1.807, 2.05) is 6.08 Å². The van der Waals surface area contributed by atoms with E-state index in [2.05, 4.69) is 26.7 Å². The molecule has 134 valence electrons. The quantitative estimate of drug-likeness (QED) is 0.621. The third kappa shape index (κ3) is 4.36. The first-order valence-electron chi connectivity index (χ1n) is 8.84. The molecule has 1 aromatic heterocycles. The van der Waals surface area contributed by atoms with Gasteiger partial charge < -0.3 is 9.88 Å². The van der Waals surface area contributed by atoms with Gasteiger partial charge in [0.25, 0.3) is 0 Å². The van der Waals surface area contributed by atoms with Crippen LogP contribution in [0.2, 0.25) is 0 Å². The van der Waals surface area contributed by atoms with Crippen molar-refractivity contribution in [3.63, 3.8) is 0 Å². The molecule has 0 aromatic carbocycles. The number of halogens is 2. The molecule has 2 fully saturated rings. The van der Waals surface area contributed by atoms with Gasteiger partial charge in [0.15, 0.2) is 5.16 Å². The van der Waals surface area contributed by atoms with Crippen molar-refractivity contribution in [1.82, 2.24) is 20.1 Å². The van der Waals surface area contributed by atoms with Crippen molar-refractivity contribution >= 4 is 11.8 Å². The van der Waals surface area contributed by atoms with Gasteiger partial charge in [-0.25, -0.2) is 8.78 Å². The van der Waals surface area contributed by atoms with E-state index in [0.717, 1.165) is 42.7 Å². The number of allylic oxidation sites excluding steroid dienone is 1. The van der Waals surface area contributed by atoms with E-state index in [4.69, 9.17) is 0 Å². The molecule has 0 radical (unpaired) electrons. The Morgan fingerprint density at radius 3 is 2.58 bits per heavy atom. The maximum Gasteiger partial charge on any atom is 0.248 e. The molecule has 2 aliphatic rings. The van der Waals surface area contributed by atoms with Crippen LogP contribution in [0.25, 0.3) is 0 Å². The predicted molar refractivity (Wildman–Crippen MR) is 92.7 cm³/mol. The average Bonchev–Trinajstić information content (AvgIpc) is 2.98. The monoisotopic (exact) mass is 356 g/mol. The van der Waals surface area contributed by atoms with Crippen LogP contribution < -0.4 is 5.32 Å². The van der Waals surface area contributed by atoms with Crippen molar-refractivity contribution < 1.29 is 8.78 Å². The van der Waals surface area contributed by atoms with Crippen LogP contribution in [0.3, 0.4) is 0 Å². The third-order valence-corrected chi connectivity index (χ3v) is 6.24. The second-order valence-corrected chi connectivity index (χ2v) is 7.86. The molecule has 1 aliphatic heterocycles. The number of hydrogen-bond acceptors (Lipinski definition) is 4. The molecule has 1 saturated heterocycles. The molecule has 0 bridgehead atoms. The van der Waals surface area contributed by atoms with Crippen molar-refractivity contribution in [1.29, 1.82) is 0 Å². The summed E-state index contributed by atoms with van der Waals surface area (Å²) < 4.78 is 28.7. The fourth-order valence-electron chi connectivity index (χ4n) is 3.55. The Morgan fingerprint density at radius 2 is 1.92 bits per heavy atom. The van der Waals surface area contributed by atoms with Crippen LogP contribution in [0.5, 0.6) is 0 Å². The van der Waals surface area contributed by atoms with Gasteiger partial charge in [0.05, 0.1) is 0 Å². The lowest BCUT2D eigenvalue weighted by atomic mass is 9.88. The number of piperidine rings is 1. The van der Waals surface area contributed by atoms with E-state index in [1.165, 1.54) is 0 Å². The van der Waals surface area contributed by atoms with Gasteiger partial charge in [0.2, 0.25) is 5.92 Å². The summed E-state index contributed by atoms with van der Waals surface area (Å²) in [5.74, 6) is 0.241. The van der Waals surface area contributed by atoms with E-state index in [9.17, 15) is 8.78 Å². The molecule has 7 heteroatoms. The predicted octanol–water partition coefficient (Wildman–Crippen LogP) is 3.85. The zero-order chi connectivity index (χ0) is 17.0. The topological polar surface area (TPSA) is 42.7 Å². The third-order valence-electron chi connectivity index (χ3n) is 5.05. The number of nitrogens with one attached hydrogen (secondary N) is 1. The summed E-state index contributed by atoms with van der Waals surface area (Å²) in [6.45, 7) is 6.59. The van der Waals surface area contributed by atoms with Gasteiger partial charge in [-0.05, 0) is 44.7 Å². The maximum absolute atomic E-state index is 13.3. The highest BCUT2D eigenvalue weighted by atomic mass is 32.2. The van der Waals surface area contributed by atoms with Crippen molar-refractivity contribution in [2.24, 2.45) is 5.92 Å². The van der Waals surface area contributed by atoms with Crippen LogP contribution >= 0.6 is 11.8 Å². The van der Waals surface area contributed by atoms with E-state index in [-0.39, 0.29) is 12.8 Å². The normalized spacial score (nSPS) is 22.6. The van der Waals surface area contributed by atoms with Gasteiger partial charge >= 0.3 is 0 Å². The Hall–Kier alpha value is -0.950. The van der Waals surface area contributed by atoms with Crippen LogP contribution in [0.4, 0.5) is 8.78 Å². The summed E-state index contributed by atoms with van der Waals surface area (Å²) in [5, 5.41) is 13.1. The highest BCUT2D eigenvalue weighted by Gasteiger charge is 2.35. The lowest BCUT2D eigenvalue weighted by Crippen LogP contribution is -2.28. The van der Waals surface area contributed by atoms with Crippen LogP contribution in [0.15, 0.2) is 17.8 Å². The van der Waals surface area contributed by atoms with Crippen LogP contribution in [-0.4, -0.2) is 39.5 Å². The molecule has 2 heterocycles. The Balaban J connectivity index is 1.62. The Labute approximate surface area is 146 Å². The SMILES string of the molecule is C=CCn1c(SCC2CCC(F)(F)CC2)nnc1C1CCNCC1. The lowest BCUT2D eigenvalue weighted by molar-refractivity contribution is -0.0433. The molecule has 0 amide bonds. The molecule has 4 nitrogen and oxygen atoms in total. The average molecular weight is 356 g/mol. The van der Waals surface area contributed by atoms with Gasteiger partial charge in [0, 0.05) is 31.1 Å². The number of nitrogens with zero attached hydrogens (tertiary/aromatic N) is 3. The van der Waals surface area contributed by atoms with Gasteiger partial charge in [-0.2, -0.15) is 0 Å². The first-order chi connectivity index (χ1) is 11.6. The van der Waals surface area contributed by atoms with E-state index in [1.54, 1.807) is 11.8 Å². The summed E-state index contributed by atoms with van der Waals surface area (Å²) in [6.07, 6.45) is 5.30. The number of hydrogen-bond donors (Lipinski definition) is 1. The van der Waals surface area contributed by atoms with Crippen LogP contribution in [0, 0.1) is 5.92 Å². The zero-order valence-corrected chi connectivity index (χ0v) is 14.8. The van der Waals surface area contributed by atoms with Gasteiger partial charge in [-0.15, -0.1) is 16.8 Å². The fraction of sp³-hybridized carbons (Fsp3) is 0.765. The number of alkyl halides is 2. The molecule has 3 rings (SSSR count). The van der Waals surface area contributed by atoms with Crippen molar-refractivity contribution in [2.75, 3.05) is 18.8 Å². The molecule has 1 N–H and O–H groups in total. The fourth-order valence-corrected chi connectivity index (χ4v) is 4.69. The molecule has 1 aliphatic carbocycles. The lowest BCUT2D eigenvalue weighted by Gasteiger charge is -2.27. The molecular weight excluding hydrogens is 330 g/mol. The molecule has 0 unspecified atom stereocenters. The smallest absolute Gasteiger partial charge is 0.248 e. The van der Waals surface area contributed by atoms with Crippen molar-refractivity contribution in [3.8, 4) is 0 Å². The minimum atomic E-state index is -2.45. The number of aromatic nitrogens is 3. The molecular formula is C17H26F2N4S. The molecule has 0 spiro atoms. The number of rotatable bonds is 6. The van der Waals surface area contributed by atoms with Gasteiger partial charge in [-0.3, -0.25) is 0 Å². The van der Waals surface area contributed by atoms with Crippen LogP contribution in [0.1, 0.15) is 50.3 Å². The summed E-state index contributed by atoms with van der Waals surface area (Å²) in [5.41, 5.74) is 0. The number of thioether (sulfide) groups is 1. The minimum Gasteiger partial charge on any atom is -0.317 e. The summed E-state index contributed by atoms with van der Waals surface area (Å²) in [7, 11) is 0. The van der Waals surface area contributed by atoms with Crippen molar-refractivity contribution in [3.05, 3.63) is 18.5 Å². The molecule has 0 atom stereocenters. The van der Waals surface area contributed by atoms with E-state index in [0.29, 0.717) is 31.2 Å². The Bertz CT molecular complexity index is 545. The summed E-state index contributed by atoms with van der Waals surface area (Å²) in [4.78, 5) is 0. The maximum atomic E-state index is 13.3. The second kappa shape index (κ2) is 7.95. The molecule has 1 saturated carbocycles. The highest BCUT2D eigenvalue weighted by molar-refractivity contribution is 7.99. The first kappa shape index (κ1) is 17.9. The zero-order valence-electron chi connectivity index (χ0n) is 14.0. The highest BCUT2D eigenvalue weighted by Crippen LogP contribution is 2.38. The largest absolute Gasteiger partial charge is 0.317 e. The summed E-state index contributed by atoms with van der Waals surface area (Å²) >= 11 is 1.66. The van der Waals surface area contributed by atoms with Crippen LogP contribution in [-0.2, 0) is 6.54 Å². The van der Waals surface area contributed by atoms with Crippen molar-refractivity contribution in [2.45, 2.75) is 62.1 Å². The minimum absolute atomic E-state index is 0.0257. The molecule has 24 heavy (non-hydrogen) atoms. The van der Waals surface area contributed by atoms with E-state index < -0.39 is 5.92 Å². The second-order valence-electron chi connectivity index (χ2n) is 6.87. The Morgan fingerprint density at radius 1 is 1.21 bits per heavy atom. The summed E-state index contributed by atoms with van der Waals surface area (Å²) in [6, 6.07) is 0. The van der Waals surface area contributed by atoms with E-state index >= 15 is 0 Å². The Kier molecular flexibility index (Phi) is 5.92. The standard InChI is InChI=1S/C17H26F2N4S/c1-2-11-23-15(14-5-9-20-10-6-14)21-22-16(23)24-12-13-3-7-17(18,19)8-4-13/h2,13-14,20H,1,3-12H2. The first-order valence-corrected chi connectivity index (χ1v) is 9.83.